The summed E-state index contributed by atoms with van der Waals surface area (Å²) in [5.41, 5.74) is 7.07. The van der Waals surface area contributed by atoms with E-state index in [-0.39, 0.29) is 11.8 Å². The summed E-state index contributed by atoms with van der Waals surface area (Å²) >= 11 is 0. The molecule has 0 aliphatic carbocycles. The highest BCUT2D eigenvalue weighted by molar-refractivity contribution is 5.72. The van der Waals surface area contributed by atoms with Crippen LogP contribution in [0.1, 0.15) is 67.3 Å². The minimum absolute atomic E-state index is 0.272. The molecule has 34 heavy (non-hydrogen) atoms. The molecule has 0 aliphatic heterocycles. The maximum absolute atomic E-state index is 9.57. The number of rotatable bonds is 5. The number of aromatic nitrogens is 3. The van der Waals surface area contributed by atoms with Crippen molar-refractivity contribution in [3.63, 3.8) is 0 Å². The van der Waals surface area contributed by atoms with Gasteiger partial charge in [0.15, 0.2) is 11.6 Å². The van der Waals surface area contributed by atoms with E-state index in [1.807, 2.05) is 12.1 Å². The zero-order valence-corrected chi connectivity index (χ0v) is 20.2. The smallest absolute Gasteiger partial charge is 0.169 e. The highest BCUT2D eigenvalue weighted by Gasteiger charge is 2.24. The molecule has 1 heterocycles. The molecule has 0 amide bonds. The number of nitrogens with zero attached hydrogens (tertiary/aromatic N) is 5. The Morgan fingerprint density at radius 1 is 0.735 bits per heavy atom. The van der Waals surface area contributed by atoms with E-state index in [9.17, 15) is 10.5 Å². The molecule has 0 aliphatic rings. The van der Waals surface area contributed by atoms with Crippen LogP contribution in [0.2, 0.25) is 0 Å². The van der Waals surface area contributed by atoms with Gasteiger partial charge < -0.3 is 0 Å². The van der Waals surface area contributed by atoms with Crippen molar-refractivity contribution in [2.24, 2.45) is 0 Å². The Morgan fingerprint density at radius 2 is 1.29 bits per heavy atom. The Kier molecular flexibility index (Phi) is 6.30. The van der Waals surface area contributed by atoms with Gasteiger partial charge in [-0.1, -0.05) is 70.2 Å². The summed E-state index contributed by atoms with van der Waals surface area (Å²) in [4.78, 5) is 0. The van der Waals surface area contributed by atoms with Crippen LogP contribution in [0.4, 0.5) is 0 Å². The molecule has 0 saturated heterocycles. The summed E-state index contributed by atoms with van der Waals surface area (Å²) in [6.07, 6.45) is 0. The van der Waals surface area contributed by atoms with Gasteiger partial charge in [0.1, 0.15) is 0 Å². The summed E-state index contributed by atoms with van der Waals surface area (Å²) in [5, 5.41) is 28.4. The van der Waals surface area contributed by atoms with Gasteiger partial charge in [-0.05, 0) is 53.6 Å². The highest BCUT2D eigenvalue weighted by Crippen LogP contribution is 2.38. The molecule has 5 nitrogen and oxygen atoms in total. The lowest BCUT2D eigenvalue weighted by Crippen LogP contribution is -2.10. The van der Waals surface area contributed by atoms with Crippen LogP contribution in [0.3, 0.4) is 0 Å². The van der Waals surface area contributed by atoms with Crippen LogP contribution >= 0.6 is 0 Å². The molecule has 0 unspecified atom stereocenters. The van der Waals surface area contributed by atoms with Gasteiger partial charge in [0.05, 0.1) is 29.0 Å². The molecule has 4 aromatic rings. The van der Waals surface area contributed by atoms with Gasteiger partial charge in [0.2, 0.25) is 0 Å². The van der Waals surface area contributed by atoms with Gasteiger partial charge in [-0.2, -0.15) is 10.5 Å². The van der Waals surface area contributed by atoms with Crippen molar-refractivity contribution in [2.75, 3.05) is 0 Å². The monoisotopic (exact) mass is 445 g/mol. The van der Waals surface area contributed by atoms with E-state index in [2.05, 4.69) is 91.9 Å². The third-order valence-electron chi connectivity index (χ3n) is 6.06. The van der Waals surface area contributed by atoms with Crippen molar-refractivity contribution in [1.82, 2.24) is 14.8 Å². The van der Waals surface area contributed by atoms with Crippen LogP contribution in [0.5, 0.6) is 0 Å². The van der Waals surface area contributed by atoms with E-state index in [0.29, 0.717) is 22.5 Å². The molecule has 4 rings (SSSR count). The molecular formula is C29H27N5. The third kappa shape index (κ3) is 4.09. The normalized spacial score (nSPS) is 11.0. The van der Waals surface area contributed by atoms with Gasteiger partial charge in [-0.3, -0.25) is 4.57 Å². The molecular weight excluding hydrogens is 418 g/mol. The molecule has 0 atom stereocenters. The molecule has 3 aromatic carbocycles. The zero-order valence-electron chi connectivity index (χ0n) is 20.2. The SMILES string of the molecule is Cc1ccccc1-c1nnc(-c2cc(C#N)cc(C#N)c2)n1-c1c(C(C)C)cccc1C(C)C. The summed E-state index contributed by atoms with van der Waals surface area (Å²) in [6.45, 7) is 10.8. The second kappa shape index (κ2) is 9.33. The van der Waals surface area contributed by atoms with E-state index < -0.39 is 0 Å². The van der Waals surface area contributed by atoms with Crippen LogP contribution in [0.25, 0.3) is 28.5 Å². The first-order valence-electron chi connectivity index (χ1n) is 11.5. The molecule has 168 valence electrons. The van der Waals surface area contributed by atoms with E-state index >= 15 is 0 Å². The van der Waals surface area contributed by atoms with Crippen molar-refractivity contribution >= 4 is 0 Å². The van der Waals surface area contributed by atoms with Gasteiger partial charge in [0.25, 0.3) is 0 Å². The van der Waals surface area contributed by atoms with Gasteiger partial charge >= 0.3 is 0 Å². The Labute approximate surface area is 200 Å². The van der Waals surface area contributed by atoms with E-state index in [4.69, 9.17) is 0 Å². The molecule has 0 spiro atoms. The lowest BCUT2D eigenvalue weighted by Gasteiger charge is -2.23. The number of benzene rings is 3. The summed E-state index contributed by atoms with van der Waals surface area (Å²) in [6, 6.07) is 24.0. The average molecular weight is 446 g/mol. The fraction of sp³-hybridized carbons (Fsp3) is 0.241. The summed E-state index contributed by atoms with van der Waals surface area (Å²) in [7, 11) is 0. The van der Waals surface area contributed by atoms with Crippen molar-refractivity contribution in [2.45, 2.75) is 46.5 Å². The topological polar surface area (TPSA) is 78.3 Å². The Balaban J connectivity index is 2.16. The molecule has 5 heteroatoms. The van der Waals surface area contributed by atoms with Crippen molar-refractivity contribution in [3.05, 3.63) is 88.5 Å². The largest absolute Gasteiger partial charge is 0.274 e. The van der Waals surface area contributed by atoms with Gasteiger partial charge in [0, 0.05) is 11.1 Å². The highest BCUT2D eigenvalue weighted by atomic mass is 15.3. The zero-order chi connectivity index (χ0) is 24.4. The van der Waals surface area contributed by atoms with Crippen LogP contribution in [-0.2, 0) is 0 Å². The van der Waals surface area contributed by atoms with E-state index in [1.54, 1.807) is 18.2 Å². The van der Waals surface area contributed by atoms with Gasteiger partial charge in [-0.25, -0.2) is 0 Å². The Morgan fingerprint density at radius 3 is 1.82 bits per heavy atom. The van der Waals surface area contributed by atoms with Crippen LogP contribution in [0, 0.1) is 29.6 Å². The maximum atomic E-state index is 9.57. The number of para-hydroxylation sites is 1. The number of hydrogen-bond donors (Lipinski definition) is 0. The van der Waals surface area contributed by atoms with Crippen molar-refractivity contribution in [1.29, 1.82) is 10.5 Å². The van der Waals surface area contributed by atoms with Crippen molar-refractivity contribution in [3.8, 4) is 40.6 Å². The number of hydrogen-bond acceptors (Lipinski definition) is 4. The quantitative estimate of drug-likeness (QED) is 0.335. The molecule has 0 N–H and O–H groups in total. The Hall–Kier alpha value is -4.22. The van der Waals surface area contributed by atoms with Crippen LogP contribution in [0.15, 0.2) is 60.7 Å². The fourth-order valence-corrected chi connectivity index (χ4v) is 4.34. The first-order chi connectivity index (χ1) is 16.3. The lowest BCUT2D eigenvalue weighted by atomic mass is 9.92. The predicted molar refractivity (Wildman–Crippen MR) is 135 cm³/mol. The fourth-order valence-electron chi connectivity index (χ4n) is 4.34. The third-order valence-corrected chi connectivity index (χ3v) is 6.06. The second-order valence-corrected chi connectivity index (χ2v) is 9.11. The molecule has 0 bridgehead atoms. The lowest BCUT2D eigenvalue weighted by molar-refractivity contribution is 0.807. The predicted octanol–water partition coefficient (Wildman–Crippen LogP) is 6.90. The first kappa shape index (κ1) is 23.0. The molecule has 1 aromatic heterocycles. The summed E-state index contributed by atoms with van der Waals surface area (Å²) < 4.78 is 2.12. The standard InChI is InChI=1S/C29H27N5/c1-18(2)24-11-8-12-25(19(3)4)27(24)34-28(23-14-21(16-30)13-22(15-23)17-31)32-33-29(34)26-10-7-6-9-20(26)5/h6-15,18-19H,1-5H3. The Bertz CT molecular complexity index is 1390. The van der Waals surface area contributed by atoms with Crippen LogP contribution < -0.4 is 0 Å². The average Bonchev–Trinajstić information content (AvgIpc) is 3.27. The molecule has 0 saturated carbocycles. The molecule has 0 fully saturated rings. The van der Waals surface area contributed by atoms with Gasteiger partial charge in [-0.15, -0.1) is 10.2 Å². The van der Waals surface area contributed by atoms with E-state index in [1.165, 1.54) is 11.1 Å². The first-order valence-corrected chi connectivity index (χ1v) is 11.5. The minimum atomic E-state index is 0.272. The number of nitriles is 2. The van der Waals surface area contributed by atoms with E-state index in [0.717, 1.165) is 22.6 Å². The second-order valence-electron chi connectivity index (χ2n) is 9.11. The maximum Gasteiger partial charge on any atom is 0.169 e. The van der Waals surface area contributed by atoms with Crippen molar-refractivity contribution < 1.29 is 0 Å². The van der Waals surface area contributed by atoms with Crippen LogP contribution in [-0.4, -0.2) is 14.8 Å². The molecule has 0 radical (unpaired) electrons. The minimum Gasteiger partial charge on any atom is -0.274 e. The number of aryl methyl sites for hydroxylation is 1. The summed E-state index contributed by atoms with van der Waals surface area (Å²) in [5.74, 6) is 1.90.